The lowest BCUT2D eigenvalue weighted by atomic mass is 10.0. The van der Waals surface area contributed by atoms with Crippen LogP contribution in [0.4, 0.5) is 0 Å². The van der Waals surface area contributed by atoms with Gasteiger partial charge in [0.15, 0.2) is 0 Å². The maximum absolute atomic E-state index is 12.2. The zero-order valence-corrected chi connectivity index (χ0v) is 13.8. The number of amides is 1. The first-order valence-corrected chi connectivity index (χ1v) is 8.32. The SMILES string of the molecule is CCC(=O)N1N=C(c2ccc(OC)cc2O)C[C@H]1c1cccs1. The molecule has 1 N–H and O–H groups in total. The van der Waals surface area contributed by atoms with Crippen LogP contribution >= 0.6 is 11.3 Å². The molecule has 6 heteroatoms. The molecule has 1 aromatic heterocycles. The summed E-state index contributed by atoms with van der Waals surface area (Å²) in [4.78, 5) is 13.3. The third kappa shape index (κ3) is 2.94. The van der Waals surface area contributed by atoms with Gasteiger partial charge < -0.3 is 9.84 Å². The molecule has 0 spiro atoms. The van der Waals surface area contributed by atoms with E-state index in [2.05, 4.69) is 5.10 Å². The monoisotopic (exact) mass is 330 g/mol. The summed E-state index contributed by atoms with van der Waals surface area (Å²) >= 11 is 1.61. The maximum atomic E-state index is 12.2. The molecule has 1 aromatic carbocycles. The average Bonchev–Trinajstić information content (AvgIpc) is 3.23. The van der Waals surface area contributed by atoms with Gasteiger partial charge in [0.05, 0.1) is 18.9 Å². The van der Waals surface area contributed by atoms with Crippen molar-refractivity contribution in [3.63, 3.8) is 0 Å². The third-order valence-electron chi connectivity index (χ3n) is 3.86. The number of ether oxygens (including phenoxy) is 1. The molecule has 0 saturated heterocycles. The fourth-order valence-corrected chi connectivity index (χ4v) is 3.46. The topological polar surface area (TPSA) is 62.1 Å². The second-order valence-corrected chi connectivity index (χ2v) is 6.24. The lowest BCUT2D eigenvalue weighted by Crippen LogP contribution is -2.25. The first kappa shape index (κ1) is 15.6. The van der Waals surface area contributed by atoms with Gasteiger partial charge in [-0.3, -0.25) is 4.79 Å². The molecule has 23 heavy (non-hydrogen) atoms. The second-order valence-electron chi connectivity index (χ2n) is 5.26. The van der Waals surface area contributed by atoms with Crippen molar-refractivity contribution in [2.45, 2.75) is 25.8 Å². The fraction of sp³-hybridized carbons (Fsp3) is 0.294. The van der Waals surface area contributed by atoms with Crippen molar-refractivity contribution in [2.75, 3.05) is 7.11 Å². The van der Waals surface area contributed by atoms with Gasteiger partial charge in [-0.05, 0) is 23.6 Å². The number of carbonyl (C=O) groups excluding carboxylic acids is 1. The van der Waals surface area contributed by atoms with Crippen molar-refractivity contribution in [3.8, 4) is 11.5 Å². The molecule has 1 aliphatic heterocycles. The van der Waals surface area contributed by atoms with Crippen molar-refractivity contribution in [3.05, 3.63) is 46.2 Å². The van der Waals surface area contributed by atoms with Crippen molar-refractivity contribution < 1.29 is 14.6 Å². The number of rotatable bonds is 4. The Bertz CT molecular complexity index is 740. The van der Waals surface area contributed by atoms with E-state index in [1.807, 2.05) is 24.4 Å². The van der Waals surface area contributed by atoms with Gasteiger partial charge in [-0.15, -0.1) is 11.3 Å². The summed E-state index contributed by atoms with van der Waals surface area (Å²) in [6.45, 7) is 1.83. The first-order chi connectivity index (χ1) is 11.1. The van der Waals surface area contributed by atoms with Crippen molar-refractivity contribution in [1.29, 1.82) is 0 Å². The van der Waals surface area contributed by atoms with Gasteiger partial charge in [0.25, 0.3) is 0 Å². The standard InChI is InChI=1S/C17H18N2O3S/c1-3-17(21)19-14(16-5-4-8-23-16)10-13(18-19)12-7-6-11(22-2)9-15(12)20/h4-9,14,20H,3,10H2,1-2H3/t14-/m0/s1. The van der Waals surface area contributed by atoms with E-state index in [-0.39, 0.29) is 17.7 Å². The van der Waals surface area contributed by atoms with E-state index in [4.69, 9.17) is 4.74 Å². The highest BCUT2D eigenvalue weighted by Crippen LogP contribution is 2.37. The van der Waals surface area contributed by atoms with Crippen LogP contribution in [0.25, 0.3) is 0 Å². The minimum atomic E-state index is -0.0982. The molecule has 2 heterocycles. The van der Waals surface area contributed by atoms with Gasteiger partial charge in [0.2, 0.25) is 5.91 Å². The van der Waals surface area contributed by atoms with Gasteiger partial charge in [0, 0.05) is 29.3 Å². The Morgan fingerprint density at radius 2 is 2.30 bits per heavy atom. The van der Waals surface area contributed by atoms with Gasteiger partial charge in [-0.2, -0.15) is 5.10 Å². The van der Waals surface area contributed by atoms with E-state index in [0.717, 1.165) is 4.88 Å². The van der Waals surface area contributed by atoms with Crippen molar-refractivity contribution in [2.24, 2.45) is 5.10 Å². The number of hydrazone groups is 1. The lowest BCUT2D eigenvalue weighted by Gasteiger charge is -2.19. The van der Waals surface area contributed by atoms with Crippen LogP contribution in [0.5, 0.6) is 11.5 Å². The van der Waals surface area contributed by atoms with E-state index in [1.54, 1.807) is 41.7 Å². The molecule has 5 nitrogen and oxygen atoms in total. The summed E-state index contributed by atoms with van der Waals surface area (Å²) in [5.74, 6) is 0.673. The summed E-state index contributed by atoms with van der Waals surface area (Å²) < 4.78 is 5.11. The molecule has 0 radical (unpaired) electrons. The van der Waals surface area contributed by atoms with Crippen molar-refractivity contribution in [1.82, 2.24) is 5.01 Å². The van der Waals surface area contributed by atoms with Crippen LogP contribution in [0, 0.1) is 0 Å². The van der Waals surface area contributed by atoms with Crippen LogP contribution in [0.3, 0.4) is 0 Å². The minimum absolute atomic E-state index is 0.0219. The summed E-state index contributed by atoms with van der Waals surface area (Å²) in [6.07, 6.45) is 0.986. The molecular weight excluding hydrogens is 312 g/mol. The number of phenolic OH excluding ortho intramolecular Hbond substituents is 1. The van der Waals surface area contributed by atoms with E-state index >= 15 is 0 Å². The first-order valence-electron chi connectivity index (χ1n) is 7.44. The second kappa shape index (κ2) is 6.42. The van der Waals surface area contributed by atoms with Crippen LogP contribution in [-0.4, -0.2) is 28.8 Å². The minimum Gasteiger partial charge on any atom is -0.507 e. The zero-order valence-electron chi connectivity index (χ0n) is 13.0. The number of aromatic hydroxyl groups is 1. The lowest BCUT2D eigenvalue weighted by molar-refractivity contribution is -0.132. The predicted molar refractivity (Wildman–Crippen MR) is 90.0 cm³/mol. The molecule has 1 aliphatic rings. The molecule has 0 bridgehead atoms. The van der Waals surface area contributed by atoms with Crippen LogP contribution in [0.2, 0.25) is 0 Å². The highest BCUT2D eigenvalue weighted by molar-refractivity contribution is 7.10. The number of hydrogen-bond donors (Lipinski definition) is 1. The maximum Gasteiger partial charge on any atom is 0.243 e. The van der Waals surface area contributed by atoms with E-state index in [9.17, 15) is 9.90 Å². The van der Waals surface area contributed by atoms with Crippen LogP contribution in [0.15, 0.2) is 40.8 Å². The Hall–Kier alpha value is -2.34. The molecule has 1 atom stereocenters. The number of hydrogen-bond acceptors (Lipinski definition) is 5. The zero-order chi connectivity index (χ0) is 16.4. The number of nitrogens with zero attached hydrogens (tertiary/aromatic N) is 2. The van der Waals surface area contributed by atoms with Gasteiger partial charge in [-0.25, -0.2) is 5.01 Å². The summed E-state index contributed by atoms with van der Waals surface area (Å²) in [5, 5.41) is 18.2. The number of thiophene rings is 1. The molecule has 1 amide bonds. The fourth-order valence-electron chi connectivity index (χ4n) is 2.65. The number of methoxy groups -OCH3 is 1. The summed E-state index contributed by atoms with van der Waals surface area (Å²) in [6, 6.07) is 9.00. The highest BCUT2D eigenvalue weighted by Gasteiger charge is 2.33. The highest BCUT2D eigenvalue weighted by atomic mass is 32.1. The van der Waals surface area contributed by atoms with Crippen LogP contribution in [-0.2, 0) is 4.79 Å². The van der Waals surface area contributed by atoms with Crippen molar-refractivity contribution >= 4 is 23.0 Å². The Balaban J connectivity index is 1.96. The average molecular weight is 330 g/mol. The Morgan fingerprint density at radius 3 is 2.91 bits per heavy atom. The molecular formula is C17H18N2O3S. The van der Waals surface area contributed by atoms with Gasteiger partial charge in [0.1, 0.15) is 11.5 Å². The third-order valence-corrected chi connectivity index (χ3v) is 4.83. The summed E-state index contributed by atoms with van der Waals surface area (Å²) in [5.41, 5.74) is 1.35. The van der Waals surface area contributed by atoms with Crippen LogP contribution < -0.4 is 4.74 Å². The van der Waals surface area contributed by atoms with E-state index < -0.39 is 0 Å². The molecule has 2 aromatic rings. The molecule has 3 rings (SSSR count). The molecule has 0 fully saturated rings. The van der Waals surface area contributed by atoms with Crippen LogP contribution in [0.1, 0.15) is 36.2 Å². The molecule has 0 aliphatic carbocycles. The number of benzene rings is 1. The molecule has 0 unspecified atom stereocenters. The number of phenols is 1. The Kier molecular flexibility index (Phi) is 4.34. The predicted octanol–water partition coefficient (Wildman–Crippen LogP) is 3.55. The van der Waals surface area contributed by atoms with Gasteiger partial charge >= 0.3 is 0 Å². The van der Waals surface area contributed by atoms with E-state index in [1.165, 1.54) is 0 Å². The normalized spacial score (nSPS) is 17.2. The van der Waals surface area contributed by atoms with E-state index in [0.29, 0.717) is 29.9 Å². The smallest absolute Gasteiger partial charge is 0.243 e. The largest absolute Gasteiger partial charge is 0.507 e. The molecule has 120 valence electrons. The Morgan fingerprint density at radius 1 is 1.48 bits per heavy atom. The quantitative estimate of drug-likeness (QED) is 0.932. The number of carbonyl (C=O) groups is 1. The molecule has 0 saturated carbocycles. The summed E-state index contributed by atoms with van der Waals surface area (Å²) in [7, 11) is 1.55. The van der Waals surface area contributed by atoms with Gasteiger partial charge in [-0.1, -0.05) is 13.0 Å². The Labute approximate surface area is 138 Å².